The van der Waals surface area contributed by atoms with Crippen molar-refractivity contribution in [1.29, 1.82) is 0 Å². The predicted molar refractivity (Wildman–Crippen MR) is 70.6 cm³/mol. The van der Waals surface area contributed by atoms with E-state index in [9.17, 15) is 4.39 Å². The smallest absolute Gasteiger partial charge is 0.141 e. The van der Waals surface area contributed by atoms with Crippen LogP contribution in [0.3, 0.4) is 0 Å². The van der Waals surface area contributed by atoms with E-state index >= 15 is 0 Å². The highest BCUT2D eigenvalue weighted by Crippen LogP contribution is 2.22. The first kappa shape index (κ1) is 12.7. The molecule has 0 saturated heterocycles. The molecule has 1 aromatic heterocycles. The van der Waals surface area contributed by atoms with E-state index in [1.807, 2.05) is 19.1 Å². The van der Waals surface area contributed by atoms with Crippen molar-refractivity contribution in [2.45, 2.75) is 25.8 Å². The van der Waals surface area contributed by atoms with E-state index in [0.29, 0.717) is 12.1 Å². The van der Waals surface area contributed by atoms with Crippen LogP contribution < -0.4 is 5.73 Å². The van der Waals surface area contributed by atoms with E-state index in [-0.39, 0.29) is 5.82 Å². The highest BCUT2D eigenvalue weighted by atomic mass is 19.1. The van der Waals surface area contributed by atoms with Gasteiger partial charge in [0.2, 0.25) is 0 Å². The van der Waals surface area contributed by atoms with Gasteiger partial charge in [-0.25, -0.2) is 4.39 Å². The molecule has 1 atom stereocenters. The molecule has 1 unspecified atom stereocenters. The largest absolute Gasteiger partial charge is 0.320 e. The third kappa shape index (κ3) is 2.74. The number of hydrogen-bond donors (Lipinski definition) is 1. The number of nitrogens with two attached hydrogens (primary N) is 1. The second-order valence-electron chi connectivity index (χ2n) is 4.88. The van der Waals surface area contributed by atoms with Crippen LogP contribution in [-0.2, 0) is 12.0 Å². The summed E-state index contributed by atoms with van der Waals surface area (Å²) in [5, 5.41) is 0. The van der Waals surface area contributed by atoms with Crippen molar-refractivity contribution in [2.24, 2.45) is 5.73 Å². The van der Waals surface area contributed by atoms with E-state index in [2.05, 4.69) is 24.0 Å². The third-order valence-electron chi connectivity index (χ3n) is 3.13. The van der Waals surface area contributed by atoms with Crippen LogP contribution in [0.15, 0.2) is 42.6 Å². The van der Waals surface area contributed by atoms with E-state index < -0.39 is 5.54 Å². The summed E-state index contributed by atoms with van der Waals surface area (Å²) in [6.45, 7) is 3.98. The van der Waals surface area contributed by atoms with Crippen LogP contribution in [-0.4, -0.2) is 4.98 Å². The summed E-state index contributed by atoms with van der Waals surface area (Å²) in [4.78, 5) is 4.08. The van der Waals surface area contributed by atoms with Gasteiger partial charge < -0.3 is 5.73 Å². The van der Waals surface area contributed by atoms with Gasteiger partial charge in [-0.05, 0) is 43.5 Å². The Morgan fingerprint density at radius 2 is 1.94 bits per heavy atom. The Morgan fingerprint density at radius 1 is 1.22 bits per heavy atom. The zero-order chi connectivity index (χ0) is 13.2. The molecule has 1 aromatic carbocycles. The molecule has 0 radical (unpaired) electrons. The van der Waals surface area contributed by atoms with Crippen LogP contribution in [0.2, 0.25) is 0 Å². The number of pyridine rings is 1. The van der Waals surface area contributed by atoms with Gasteiger partial charge in [0.15, 0.2) is 0 Å². The Hall–Kier alpha value is -1.74. The van der Waals surface area contributed by atoms with Gasteiger partial charge in [0.25, 0.3) is 0 Å². The molecule has 0 saturated carbocycles. The molecule has 1 heterocycles. The number of aromatic nitrogens is 1. The van der Waals surface area contributed by atoms with E-state index in [1.54, 1.807) is 6.07 Å². The minimum absolute atomic E-state index is 0.342. The number of hydrogen-bond acceptors (Lipinski definition) is 2. The van der Waals surface area contributed by atoms with Crippen molar-refractivity contribution in [3.63, 3.8) is 0 Å². The normalized spacial score (nSPS) is 14.2. The van der Waals surface area contributed by atoms with Gasteiger partial charge in [0.05, 0.1) is 17.4 Å². The number of rotatable bonds is 3. The molecular formula is C15H17FN2. The topological polar surface area (TPSA) is 38.9 Å². The maximum atomic E-state index is 12.9. The first-order chi connectivity index (χ1) is 8.49. The molecule has 0 bridgehead atoms. The molecule has 2 rings (SSSR count). The lowest BCUT2D eigenvalue weighted by Crippen LogP contribution is -2.36. The molecule has 0 fully saturated rings. The first-order valence-electron chi connectivity index (χ1n) is 5.94. The van der Waals surface area contributed by atoms with Gasteiger partial charge in [-0.15, -0.1) is 0 Å². The molecule has 2 nitrogen and oxygen atoms in total. The van der Waals surface area contributed by atoms with Gasteiger partial charge in [-0.3, -0.25) is 4.98 Å². The first-order valence-corrected chi connectivity index (χ1v) is 5.94. The average Bonchev–Trinajstić information content (AvgIpc) is 2.32. The van der Waals surface area contributed by atoms with E-state index in [0.717, 1.165) is 0 Å². The average molecular weight is 244 g/mol. The third-order valence-corrected chi connectivity index (χ3v) is 3.13. The standard InChI is InChI=1S/C15H17FN2/c1-11-5-3-4-6-12(11)9-15(2,17)14-8-7-13(16)10-18-14/h3-8,10H,9,17H2,1-2H3. The zero-order valence-corrected chi connectivity index (χ0v) is 10.7. The number of benzene rings is 1. The zero-order valence-electron chi connectivity index (χ0n) is 10.7. The molecule has 94 valence electrons. The van der Waals surface area contributed by atoms with Gasteiger partial charge >= 0.3 is 0 Å². The maximum Gasteiger partial charge on any atom is 0.141 e. The fourth-order valence-electron chi connectivity index (χ4n) is 2.01. The Balaban J connectivity index is 2.27. The van der Waals surface area contributed by atoms with E-state index in [1.165, 1.54) is 23.4 Å². The SMILES string of the molecule is Cc1ccccc1CC(C)(N)c1ccc(F)cn1. The van der Waals surface area contributed by atoms with Gasteiger partial charge in [-0.2, -0.15) is 0 Å². The molecule has 2 aromatic rings. The Kier molecular flexibility index (Phi) is 3.43. The molecule has 3 heteroatoms. The number of nitrogens with zero attached hydrogens (tertiary/aromatic N) is 1. The highest BCUT2D eigenvalue weighted by molar-refractivity contribution is 5.29. The minimum Gasteiger partial charge on any atom is -0.320 e. The number of aryl methyl sites for hydroxylation is 1. The monoisotopic (exact) mass is 244 g/mol. The molecule has 0 aliphatic carbocycles. The summed E-state index contributed by atoms with van der Waals surface area (Å²) in [7, 11) is 0. The van der Waals surface area contributed by atoms with Gasteiger partial charge in [-0.1, -0.05) is 24.3 Å². The Morgan fingerprint density at radius 3 is 2.56 bits per heavy atom. The molecule has 18 heavy (non-hydrogen) atoms. The van der Waals surface area contributed by atoms with Gasteiger partial charge in [0, 0.05) is 0 Å². The van der Waals surface area contributed by atoms with Crippen molar-refractivity contribution < 1.29 is 4.39 Å². The van der Waals surface area contributed by atoms with Crippen molar-refractivity contribution in [2.75, 3.05) is 0 Å². The van der Waals surface area contributed by atoms with Crippen LogP contribution in [0, 0.1) is 12.7 Å². The lowest BCUT2D eigenvalue weighted by Gasteiger charge is -2.25. The summed E-state index contributed by atoms with van der Waals surface area (Å²) in [5.41, 5.74) is 8.80. The highest BCUT2D eigenvalue weighted by Gasteiger charge is 2.23. The second-order valence-corrected chi connectivity index (χ2v) is 4.88. The van der Waals surface area contributed by atoms with Gasteiger partial charge in [0.1, 0.15) is 5.82 Å². The minimum atomic E-state index is -0.597. The van der Waals surface area contributed by atoms with Crippen molar-refractivity contribution >= 4 is 0 Å². The quantitative estimate of drug-likeness (QED) is 0.901. The summed E-state index contributed by atoms with van der Waals surface area (Å²) >= 11 is 0. The van der Waals surface area contributed by atoms with Crippen LogP contribution in [0.5, 0.6) is 0 Å². The van der Waals surface area contributed by atoms with Crippen LogP contribution >= 0.6 is 0 Å². The Labute approximate surface area is 107 Å². The fourth-order valence-corrected chi connectivity index (χ4v) is 2.01. The summed E-state index contributed by atoms with van der Waals surface area (Å²) in [6.07, 6.45) is 1.89. The van der Waals surface area contributed by atoms with Crippen molar-refractivity contribution in [3.8, 4) is 0 Å². The lowest BCUT2D eigenvalue weighted by molar-refractivity contribution is 0.471. The van der Waals surface area contributed by atoms with Crippen molar-refractivity contribution in [3.05, 3.63) is 65.2 Å². The van der Waals surface area contributed by atoms with Crippen LogP contribution in [0.4, 0.5) is 4.39 Å². The molecule has 2 N–H and O–H groups in total. The van der Waals surface area contributed by atoms with Crippen LogP contribution in [0.25, 0.3) is 0 Å². The number of halogens is 1. The fraction of sp³-hybridized carbons (Fsp3) is 0.267. The molecule has 0 aliphatic rings. The maximum absolute atomic E-state index is 12.9. The van der Waals surface area contributed by atoms with Crippen LogP contribution in [0.1, 0.15) is 23.7 Å². The lowest BCUT2D eigenvalue weighted by atomic mass is 9.88. The molecule has 0 spiro atoms. The van der Waals surface area contributed by atoms with E-state index in [4.69, 9.17) is 5.73 Å². The predicted octanol–water partition coefficient (Wildman–Crippen LogP) is 2.95. The second kappa shape index (κ2) is 4.86. The summed E-state index contributed by atoms with van der Waals surface area (Å²) in [6, 6.07) is 11.2. The molecule has 0 aliphatic heterocycles. The molecule has 0 amide bonds. The summed E-state index contributed by atoms with van der Waals surface area (Å²) < 4.78 is 12.9. The summed E-state index contributed by atoms with van der Waals surface area (Å²) in [5.74, 6) is -0.342. The van der Waals surface area contributed by atoms with Crippen molar-refractivity contribution in [1.82, 2.24) is 4.98 Å². The Bertz CT molecular complexity index is 532. The molecular weight excluding hydrogens is 227 g/mol.